The number of hydrogen-bond acceptors (Lipinski definition) is 4. The van der Waals surface area contributed by atoms with Crippen molar-refractivity contribution < 1.29 is 9.18 Å². The molecule has 1 amide bonds. The van der Waals surface area contributed by atoms with Crippen LogP contribution in [0, 0.1) is 17.1 Å². The topological polar surface area (TPSA) is 65.2 Å². The fraction of sp³-hybridized carbons (Fsp3) is 0.227. The van der Waals surface area contributed by atoms with Crippen molar-refractivity contribution >= 4 is 48.0 Å². The van der Waals surface area contributed by atoms with E-state index in [2.05, 4.69) is 9.88 Å². The Morgan fingerprint density at radius 2 is 1.94 bits per heavy atom. The summed E-state index contributed by atoms with van der Waals surface area (Å²) in [6.45, 7) is 2.59. The molecule has 1 aliphatic rings. The molecule has 0 saturated carbocycles. The van der Waals surface area contributed by atoms with Crippen molar-refractivity contribution in [3.8, 4) is 6.07 Å². The molecule has 1 fully saturated rings. The van der Waals surface area contributed by atoms with E-state index in [4.69, 9.17) is 16.9 Å². The third-order valence-corrected chi connectivity index (χ3v) is 5.35. The SMILES string of the molecule is Cl.Cl.N#Cc1ccc(Cn2cncc2CN2CCN(c3cccc(Cl)c3)C(=O)C2)cc1F. The molecule has 1 aromatic heterocycles. The average molecular weight is 497 g/mol. The molecule has 1 aliphatic heterocycles. The first-order valence-electron chi connectivity index (χ1n) is 9.49. The summed E-state index contributed by atoms with van der Waals surface area (Å²) in [6.07, 6.45) is 3.45. The predicted octanol–water partition coefficient (Wildman–Crippen LogP) is 4.29. The van der Waals surface area contributed by atoms with Crippen molar-refractivity contribution in [2.75, 3.05) is 24.5 Å². The van der Waals surface area contributed by atoms with Crippen LogP contribution in [-0.4, -0.2) is 40.0 Å². The van der Waals surface area contributed by atoms with Gasteiger partial charge in [0.15, 0.2) is 0 Å². The zero-order valence-corrected chi connectivity index (χ0v) is 19.3. The van der Waals surface area contributed by atoms with Gasteiger partial charge in [0.25, 0.3) is 0 Å². The molecule has 0 radical (unpaired) electrons. The van der Waals surface area contributed by atoms with Crippen molar-refractivity contribution in [1.29, 1.82) is 5.26 Å². The highest BCUT2D eigenvalue weighted by molar-refractivity contribution is 6.30. The molecule has 0 atom stereocenters. The van der Waals surface area contributed by atoms with Crippen molar-refractivity contribution in [3.05, 3.63) is 82.6 Å². The Balaban J connectivity index is 0.00000181. The Morgan fingerprint density at radius 3 is 2.62 bits per heavy atom. The molecular formula is C22H21Cl3FN5O. The molecular weight excluding hydrogens is 476 g/mol. The molecule has 0 N–H and O–H groups in total. The molecule has 4 rings (SSSR count). The maximum Gasteiger partial charge on any atom is 0.241 e. The lowest BCUT2D eigenvalue weighted by atomic mass is 10.1. The molecule has 32 heavy (non-hydrogen) atoms. The molecule has 0 unspecified atom stereocenters. The smallest absolute Gasteiger partial charge is 0.241 e. The van der Waals surface area contributed by atoms with Crippen LogP contribution in [0.3, 0.4) is 0 Å². The van der Waals surface area contributed by atoms with Crippen molar-refractivity contribution in [2.24, 2.45) is 0 Å². The third kappa shape index (κ3) is 5.78. The van der Waals surface area contributed by atoms with Crippen LogP contribution in [0.1, 0.15) is 16.8 Å². The molecule has 3 aromatic rings. The summed E-state index contributed by atoms with van der Waals surface area (Å²) in [4.78, 5) is 20.7. The van der Waals surface area contributed by atoms with Crippen molar-refractivity contribution in [1.82, 2.24) is 14.5 Å². The Morgan fingerprint density at radius 1 is 1.12 bits per heavy atom. The van der Waals surface area contributed by atoms with E-state index in [1.807, 2.05) is 22.8 Å². The summed E-state index contributed by atoms with van der Waals surface area (Å²) >= 11 is 6.05. The van der Waals surface area contributed by atoms with Gasteiger partial charge in [-0.2, -0.15) is 5.26 Å². The van der Waals surface area contributed by atoms with E-state index < -0.39 is 5.82 Å². The zero-order chi connectivity index (χ0) is 21.1. The van der Waals surface area contributed by atoms with Crippen LogP contribution in [0.15, 0.2) is 55.0 Å². The van der Waals surface area contributed by atoms with Gasteiger partial charge in [0, 0.05) is 43.1 Å². The number of imidazole rings is 1. The van der Waals surface area contributed by atoms with Gasteiger partial charge in [-0.05, 0) is 35.9 Å². The van der Waals surface area contributed by atoms with Gasteiger partial charge in [-0.3, -0.25) is 9.69 Å². The second-order valence-electron chi connectivity index (χ2n) is 7.17. The monoisotopic (exact) mass is 495 g/mol. The van der Waals surface area contributed by atoms with Crippen LogP contribution in [0.4, 0.5) is 10.1 Å². The number of halogens is 4. The number of amides is 1. The van der Waals surface area contributed by atoms with E-state index in [-0.39, 0.29) is 36.3 Å². The lowest BCUT2D eigenvalue weighted by Crippen LogP contribution is -2.50. The normalized spacial score (nSPS) is 13.8. The number of nitriles is 1. The highest BCUT2D eigenvalue weighted by Crippen LogP contribution is 2.22. The Hall–Kier alpha value is -2.63. The number of hydrogen-bond donors (Lipinski definition) is 0. The zero-order valence-electron chi connectivity index (χ0n) is 16.9. The average Bonchev–Trinajstić information content (AvgIpc) is 3.15. The first-order valence-corrected chi connectivity index (χ1v) is 9.87. The molecule has 1 saturated heterocycles. The van der Waals surface area contributed by atoms with Crippen molar-refractivity contribution in [2.45, 2.75) is 13.1 Å². The van der Waals surface area contributed by atoms with Crippen LogP contribution >= 0.6 is 36.4 Å². The van der Waals surface area contributed by atoms with E-state index in [0.29, 0.717) is 31.2 Å². The Kier molecular flexibility index (Phi) is 9.05. The summed E-state index contributed by atoms with van der Waals surface area (Å²) in [6, 6.07) is 13.7. The van der Waals surface area contributed by atoms with Gasteiger partial charge in [-0.25, -0.2) is 9.37 Å². The Bertz CT molecular complexity index is 1130. The molecule has 168 valence electrons. The minimum atomic E-state index is -0.528. The van der Waals surface area contributed by atoms with Gasteiger partial charge in [-0.1, -0.05) is 23.7 Å². The number of anilines is 1. The second kappa shape index (κ2) is 11.3. The molecule has 2 aromatic carbocycles. The van der Waals surface area contributed by atoms with Gasteiger partial charge >= 0.3 is 0 Å². The van der Waals surface area contributed by atoms with Gasteiger partial charge in [0.2, 0.25) is 5.91 Å². The summed E-state index contributed by atoms with van der Waals surface area (Å²) in [7, 11) is 0. The quantitative estimate of drug-likeness (QED) is 0.529. The fourth-order valence-electron chi connectivity index (χ4n) is 3.57. The lowest BCUT2D eigenvalue weighted by Gasteiger charge is -2.34. The molecule has 0 aliphatic carbocycles. The lowest BCUT2D eigenvalue weighted by molar-refractivity contribution is -0.121. The molecule has 0 spiro atoms. The molecule has 6 nitrogen and oxygen atoms in total. The van der Waals surface area contributed by atoms with Gasteiger partial charge in [0.05, 0.1) is 24.1 Å². The number of nitrogens with zero attached hydrogens (tertiary/aromatic N) is 5. The van der Waals surface area contributed by atoms with E-state index >= 15 is 0 Å². The molecule has 2 heterocycles. The summed E-state index contributed by atoms with van der Waals surface area (Å²) < 4.78 is 15.8. The minimum Gasteiger partial charge on any atom is -0.329 e. The van der Waals surface area contributed by atoms with Crippen LogP contribution < -0.4 is 4.90 Å². The summed E-state index contributed by atoms with van der Waals surface area (Å²) in [5.41, 5.74) is 2.51. The first kappa shape index (κ1) is 25.6. The van der Waals surface area contributed by atoms with Crippen LogP contribution in [0.5, 0.6) is 0 Å². The minimum absolute atomic E-state index is 0. The maximum atomic E-state index is 13.9. The Labute approximate surface area is 203 Å². The number of carbonyl (C=O) groups excluding carboxylic acids is 1. The number of rotatable bonds is 5. The van der Waals surface area contributed by atoms with Crippen LogP contribution in [0.25, 0.3) is 0 Å². The van der Waals surface area contributed by atoms with E-state index in [1.165, 1.54) is 12.1 Å². The predicted molar refractivity (Wildman–Crippen MR) is 126 cm³/mol. The highest BCUT2D eigenvalue weighted by atomic mass is 35.5. The number of benzene rings is 2. The number of aromatic nitrogens is 2. The molecule has 0 bridgehead atoms. The number of carbonyl (C=O) groups is 1. The van der Waals surface area contributed by atoms with Crippen molar-refractivity contribution in [3.63, 3.8) is 0 Å². The summed E-state index contributed by atoms with van der Waals surface area (Å²) in [5.74, 6) is -0.511. The van der Waals surface area contributed by atoms with Gasteiger partial charge in [-0.15, -0.1) is 24.8 Å². The van der Waals surface area contributed by atoms with E-state index in [1.54, 1.807) is 35.6 Å². The number of piperazine rings is 1. The van der Waals surface area contributed by atoms with Crippen LogP contribution in [-0.2, 0) is 17.9 Å². The standard InChI is InChI=1S/C22H19ClFN5O.2ClH/c23-18-2-1-3-19(9-18)29-7-6-27(14-22(29)30)13-20-11-26-15-28(20)12-16-4-5-17(10-25)21(24)8-16;;/h1-5,8-9,11,15H,6-7,12-14H2;2*1H. The van der Waals surface area contributed by atoms with Gasteiger partial charge in [0.1, 0.15) is 11.9 Å². The van der Waals surface area contributed by atoms with E-state index in [0.717, 1.165) is 23.5 Å². The van der Waals surface area contributed by atoms with Gasteiger partial charge < -0.3 is 9.47 Å². The maximum absolute atomic E-state index is 13.9. The van der Waals surface area contributed by atoms with Crippen LogP contribution in [0.2, 0.25) is 5.02 Å². The first-order chi connectivity index (χ1) is 14.5. The fourth-order valence-corrected chi connectivity index (χ4v) is 3.75. The second-order valence-corrected chi connectivity index (χ2v) is 7.61. The third-order valence-electron chi connectivity index (χ3n) is 5.11. The summed E-state index contributed by atoms with van der Waals surface area (Å²) in [5, 5.41) is 9.47. The largest absolute Gasteiger partial charge is 0.329 e. The van der Waals surface area contributed by atoms with E-state index in [9.17, 15) is 9.18 Å². The highest BCUT2D eigenvalue weighted by Gasteiger charge is 2.25. The molecule has 10 heteroatoms.